The number of rotatable bonds is 2. The van der Waals surface area contributed by atoms with E-state index < -0.39 is 0 Å². The third-order valence-corrected chi connectivity index (χ3v) is 4.10. The Labute approximate surface area is 108 Å². The molecule has 0 saturated heterocycles. The fourth-order valence-corrected chi connectivity index (χ4v) is 2.99. The van der Waals surface area contributed by atoms with Gasteiger partial charge in [-0.25, -0.2) is 0 Å². The Morgan fingerprint density at radius 2 is 2.06 bits per heavy atom. The summed E-state index contributed by atoms with van der Waals surface area (Å²) in [5.41, 5.74) is 2.23. The molecule has 1 aromatic rings. The smallest absolute Gasteiger partial charge is 0.241 e. The molecule has 3 nitrogen and oxygen atoms in total. The van der Waals surface area contributed by atoms with Gasteiger partial charge >= 0.3 is 0 Å². The first-order valence-corrected chi connectivity index (χ1v) is 6.87. The van der Waals surface area contributed by atoms with E-state index >= 15 is 0 Å². The first kappa shape index (κ1) is 11.7. The van der Waals surface area contributed by atoms with Gasteiger partial charge in [-0.05, 0) is 43.2 Å². The second kappa shape index (κ2) is 4.73. The molecule has 1 unspecified atom stereocenters. The van der Waals surface area contributed by atoms with E-state index in [9.17, 15) is 4.79 Å². The Morgan fingerprint density at radius 3 is 2.83 bits per heavy atom. The van der Waals surface area contributed by atoms with Crippen LogP contribution in [-0.2, 0) is 11.2 Å². The Bertz CT molecular complexity index is 452. The quantitative estimate of drug-likeness (QED) is 0.838. The number of hydrogen-bond donors (Lipinski definition) is 2. The number of para-hydroxylation sites is 1. The predicted molar refractivity (Wildman–Crippen MR) is 72.5 cm³/mol. The molecule has 1 aromatic carbocycles. The van der Waals surface area contributed by atoms with Gasteiger partial charge in [0.15, 0.2) is 0 Å². The van der Waals surface area contributed by atoms with E-state index in [1.54, 1.807) is 0 Å². The second-order valence-electron chi connectivity index (χ2n) is 5.68. The van der Waals surface area contributed by atoms with Gasteiger partial charge in [-0.1, -0.05) is 25.1 Å². The summed E-state index contributed by atoms with van der Waals surface area (Å²) in [6, 6.07) is 8.60. The van der Waals surface area contributed by atoms with Gasteiger partial charge < -0.3 is 10.6 Å². The van der Waals surface area contributed by atoms with Crippen LogP contribution in [0.2, 0.25) is 0 Å². The predicted octanol–water partition coefficient (Wildman–Crippen LogP) is 2.33. The van der Waals surface area contributed by atoms with Crippen molar-refractivity contribution in [1.82, 2.24) is 5.32 Å². The van der Waals surface area contributed by atoms with Crippen LogP contribution in [0, 0.1) is 5.92 Å². The van der Waals surface area contributed by atoms with Crippen LogP contribution in [0.5, 0.6) is 0 Å². The van der Waals surface area contributed by atoms with Crippen molar-refractivity contribution in [2.45, 2.75) is 44.7 Å². The summed E-state index contributed by atoms with van der Waals surface area (Å²) in [6.07, 6.45) is 4.27. The zero-order valence-corrected chi connectivity index (χ0v) is 10.8. The summed E-state index contributed by atoms with van der Waals surface area (Å²) in [6.45, 7) is 2.27. The highest BCUT2D eigenvalue weighted by molar-refractivity contribution is 5.96. The third-order valence-electron chi connectivity index (χ3n) is 4.10. The van der Waals surface area contributed by atoms with Gasteiger partial charge in [-0.2, -0.15) is 0 Å². The van der Waals surface area contributed by atoms with Crippen molar-refractivity contribution in [1.29, 1.82) is 0 Å². The van der Waals surface area contributed by atoms with Crippen LogP contribution >= 0.6 is 0 Å². The van der Waals surface area contributed by atoms with Crippen LogP contribution in [0.15, 0.2) is 24.3 Å². The molecule has 1 fully saturated rings. The van der Waals surface area contributed by atoms with Crippen LogP contribution in [0.3, 0.4) is 0 Å². The summed E-state index contributed by atoms with van der Waals surface area (Å²) < 4.78 is 0. The van der Waals surface area contributed by atoms with Gasteiger partial charge in [-0.15, -0.1) is 0 Å². The Morgan fingerprint density at radius 1 is 1.28 bits per heavy atom. The van der Waals surface area contributed by atoms with Gasteiger partial charge in [0.25, 0.3) is 0 Å². The van der Waals surface area contributed by atoms with Crippen molar-refractivity contribution < 1.29 is 4.79 Å². The van der Waals surface area contributed by atoms with Crippen molar-refractivity contribution in [3.63, 3.8) is 0 Å². The lowest BCUT2D eigenvalue weighted by Gasteiger charge is -2.35. The van der Waals surface area contributed by atoms with E-state index in [1.807, 2.05) is 18.2 Å². The molecule has 1 atom stereocenters. The fraction of sp³-hybridized carbons (Fsp3) is 0.533. The molecular weight excluding hydrogens is 224 g/mol. The maximum atomic E-state index is 12.2. The minimum Gasteiger partial charge on any atom is -0.324 e. The molecule has 3 rings (SSSR count). The van der Waals surface area contributed by atoms with Crippen molar-refractivity contribution >= 4 is 11.6 Å². The summed E-state index contributed by atoms with van der Waals surface area (Å²) in [4.78, 5) is 12.2. The molecule has 0 aromatic heterocycles. The molecule has 0 radical (unpaired) electrons. The maximum absolute atomic E-state index is 12.2. The van der Waals surface area contributed by atoms with E-state index in [2.05, 4.69) is 23.6 Å². The van der Waals surface area contributed by atoms with Gasteiger partial charge in [0.1, 0.15) is 0 Å². The lowest BCUT2D eigenvalue weighted by atomic mass is 9.81. The minimum atomic E-state index is -0.0325. The Balaban J connectivity index is 1.67. The SMILES string of the molecule is CC1CC(NC2CCc3ccccc3NC2=O)C1. The van der Waals surface area contributed by atoms with E-state index in [-0.39, 0.29) is 11.9 Å². The maximum Gasteiger partial charge on any atom is 0.241 e. The molecule has 2 N–H and O–H groups in total. The molecule has 1 aliphatic heterocycles. The lowest BCUT2D eigenvalue weighted by Crippen LogP contribution is -2.50. The zero-order valence-electron chi connectivity index (χ0n) is 10.8. The number of hydrogen-bond acceptors (Lipinski definition) is 2. The number of anilines is 1. The first-order valence-electron chi connectivity index (χ1n) is 6.87. The van der Waals surface area contributed by atoms with E-state index in [1.165, 1.54) is 18.4 Å². The largest absolute Gasteiger partial charge is 0.324 e. The van der Waals surface area contributed by atoms with E-state index in [0.29, 0.717) is 6.04 Å². The van der Waals surface area contributed by atoms with Gasteiger partial charge in [0, 0.05) is 11.7 Å². The highest BCUT2D eigenvalue weighted by Gasteiger charge is 2.31. The molecule has 1 aliphatic carbocycles. The number of carbonyl (C=O) groups is 1. The van der Waals surface area contributed by atoms with Crippen LogP contribution in [-0.4, -0.2) is 18.0 Å². The van der Waals surface area contributed by atoms with Crippen LogP contribution in [0.1, 0.15) is 31.7 Å². The number of carbonyl (C=O) groups excluding carboxylic acids is 1. The number of nitrogens with one attached hydrogen (secondary N) is 2. The summed E-state index contributed by atoms with van der Waals surface area (Å²) in [5.74, 6) is 0.938. The van der Waals surface area contributed by atoms with E-state index in [0.717, 1.165) is 24.4 Å². The highest BCUT2D eigenvalue weighted by Crippen LogP contribution is 2.28. The molecule has 2 aliphatic rings. The number of aryl methyl sites for hydroxylation is 1. The number of fused-ring (bicyclic) bond motifs is 1. The van der Waals surface area contributed by atoms with Crippen molar-refractivity contribution in [3.8, 4) is 0 Å². The van der Waals surface area contributed by atoms with Crippen LogP contribution in [0.4, 0.5) is 5.69 Å². The molecular formula is C15H20N2O. The van der Waals surface area contributed by atoms with Crippen molar-refractivity contribution in [2.75, 3.05) is 5.32 Å². The van der Waals surface area contributed by atoms with Crippen LogP contribution in [0.25, 0.3) is 0 Å². The topological polar surface area (TPSA) is 41.1 Å². The monoisotopic (exact) mass is 244 g/mol. The molecule has 1 amide bonds. The molecule has 0 spiro atoms. The Kier molecular flexibility index (Phi) is 3.08. The van der Waals surface area contributed by atoms with Crippen molar-refractivity contribution in [2.24, 2.45) is 5.92 Å². The molecule has 96 valence electrons. The molecule has 1 heterocycles. The molecule has 18 heavy (non-hydrogen) atoms. The van der Waals surface area contributed by atoms with Crippen molar-refractivity contribution in [3.05, 3.63) is 29.8 Å². The average Bonchev–Trinajstić information content (AvgIpc) is 2.47. The first-order chi connectivity index (χ1) is 8.72. The fourth-order valence-electron chi connectivity index (χ4n) is 2.99. The summed E-state index contributed by atoms with van der Waals surface area (Å²) >= 11 is 0. The second-order valence-corrected chi connectivity index (χ2v) is 5.68. The van der Waals surface area contributed by atoms with Gasteiger partial charge in [0.2, 0.25) is 5.91 Å². The standard InChI is InChI=1S/C15H20N2O/c1-10-8-12(9-10)16-14-7-6-11-4-2-3-5-13(11)17-15(14)18/h2-5,10,12,14,16H,6-9H2,1H3,(H,17,18). The summed E-state index contributed by atoms with van der Waals surface area (Å²) in [7, 11) is 0. The normalized spacial score (nSPS) is 30.9. The molecule has 1 saturated carbocycles. The number of benzene rings is 1. The third kappa shape index (κ3) is 2.27. The average molecular weight is 244 g/mol. The minimum absolute atomic E-state index is 0.0325. The molecule has 0 bridgehead atoms. The Hall–Kier alpha value is -1.35. The van der Waals surface area contributed by atoms with Crippen LogP contribution < -0.4 is 10.6 Å². The number of amides is 1. The summed E-state index contributed by atoms with van der Waals surface area (Å²) in [5, 5.41) is 6.53. The van der Waals surface area contributed by atoms with E-state index in [4.69, 9.17) is 0 Å². The lowest BCUT2D eigenvalue weighted by molar-refractivity contribution is -0.118. The zero-order chi connectivity index (χ0) is 12.5. The molecule has 3 heteroatoms. The van der Waals surface area contributed by atoms with Gasteiger partial charge in [-0.3, -0.25) is 4.79 Å². The van der Waals surface area contributed by atoms with Gasteiger partial charge in [0.05, 0.1) is 6.04 Å². The highest BCUT2D eigenvalue weighted by atomic mass is 16.2.